The molecule has 8 nitrogen and oxygen atoms in total. The first-order valence-electron chi connectivity index (χ1n) is 10.7. The zero-order valence-electron chi connectivity index (χ0n) is 17.6. The molecule has 8 heteroatoms. The molecule has 166 valence electrons. The molecule has 1 amide bonds. The van der Waals surface area contributed by atoms with Crippen molar-refractivity contribution < 1.29 is 24.0 Å². The Balaban J connectivity index is 1.33. The Morgan fingerprint density at radius 3 is 2.78 bits per heavy atom. The molecule has 0 spiro atoms. The fourth-order valence-corrected chi connectivity index (χ4v) is 3.83. The number of likely N-dealkylation sites (tertiary alicyclic amines) is 1. The molecule has 0 aliphatic carbocycles. The number of carbonyl (C=O) groups excluding carboxylic acids is 1. The molecule has 1 N–H and O–H groups in total. The summed E-state index contributed by atoms with van der Waals surface area (Å²) >= 11 is 0. The van der Waals surface area contributed by atoms with Gasteiger partial charge in [-0.25, -0.2) is 0 Å². The van der Waals surface area contributed by atoms with E-state index < -0.39 is 5.97 Å². The molecular formula is C24H25N3O5. The van der Waals surface area contributed by atoms with E-state index in [0.29, 0.717) is 31.0 Å². The maximum absolute atomic E-state index is 13.0. The summed E-state index contributed by atoms with van der Waals surface area (Å²) in [5, 5.41) is 12.9. The van der Waals surface area contributed by atoms with Gasteiger partial charge >= 0.3 is 5.97 Å². The molecule has 0 saturated carbocycles. The molecule has 1 aliphatic heterocycles. The number of carboxylic acid groups (broad SMARTS) is 1. The molecule has 1 aromatic carbocycles. The lowest BCUT2D eigenvalue weighted by Crippen LogP contribution is -2.32. The van der Waals surface area contributed by atoms with Gasteiger partial charge in [-0.05, 0) is 42.7 Å². The van der Waals surface area contributed by atoms with Gasteiger partial charge in [-0.3, -0.25) is 14.6 Å². The number of aliphatic carboxylic acids is 1. The van der Waals surface area contributed by atoms with Gasteiger partial charge in [0.1, 0.15) is 23.8 Å². The second kappa shape index (κ2) is 10.1. The van der Waals surface area contributed by atoms with Crippen LogP contribution >= 0.6 is 0 Å². The van der Waals surface area contributed by atoms with Crippen LogP contribution in [0, 0.1) is 0 Å². The van der Waals surface area contributed by atoms with E-state index in [1.807, 2.05) is 47.4 Å². The van der Waals surface area contributed by atoms with E-state index in [1.54, 1.807) is 12.3 Å². The van der Waals surface area contributed by atoms with Crippen LogP contribution in [-0.2, 0) is 29.0 Å². The number of nitrogens with zero attached hydrogens (tertiary/aromatic N) is 3. The minimum absolute atomic E-state index is 0.0104. The maximum atomic E-state index is 13.0. The third kappa shape index (κ3) is 5.51. The highest BCUT2D eigenvalue weighted by atomic mass is 16.5. The number of aromatic nitrogens is 2. The molecule has 32 heavy (non-hydrogen) atoms. The normalized spacial score (nSPS) is 15.6. The van der Waals surface area contributed by atoms with Gasteiger partial charge in [0.15, 0.2) is 0 Å². The van der Waals surface area contributed by atoms with Crippen molar-refractivity contribution >= 4 is 11.9 Å². The van der Waals surface area contributed by atoms with Gasteiger partial charge < -0.3 is 19.3 Å². The summed E-state index contributed by atoms with van der Waals surface area (Å²) in [5.74, 6) is 0.406. The van der Waals surface area contributed by atoms with Gasteiger partial charge in [-0.2, -0.15) is 0 Å². The molecule has 3 heterocycles. The minimum Gasteiger partial charge on any atom is -0.487 e. The molecule has 0 bridgehead atoms. The van der Waals surface area contributed by atoms with Crippen LogP contribution < -0.4 is 4.74 Å². The Hall–Kier alpha value is -3.68. The van der Waals surface area contributed by atoms with Crippen LogP contribution in [0.25, 0.3) is 0 Å². The second-order valence-corrected chi connectivity index (χ2v) is 7.79. The summed E-state index contributed by atoms with van der Waals surface area (Å²) in [4.78, 5) is 29.8. The molecule has 4 rings (SSSR count). The average Bonchev–Trinajstić information content (AvgIpc) is 3.47. The van der Waals surface area contributed by atoms with Gasteiger partial charge in [0.05, 0.1) is 24.6 Å². The van der Waals surface area contributed by atoms with Crippen molar-refractivity contribution in [2.24, 2.45) is 0 Å². The fraction of sp³-hybridized carbons (Fsp3) is 0.333. The van der Waals surface area contributed by atoms with Crippen LogP contribution in [0.3, 0.4) is 0 Å². The SMILES string of the molecule is O=C(O)CCc1cc(C2CCCN2C(=O)Cc2ccc(OCc3ccccn3)cc2)no1. The summed E-state index contributed by atoms with van der Waals surface area (Å²) in [7, 11) is 0. The van der Waals surface area contributed by atoms with Crippen molar-refractivity contribution in [2.45, 2.75) is 44.8 Å². The van der Waals surface area contributed by atoms with Gasteiger partial charge in [0, 0.05) is 25.2 Å². The Bertz CT molecular complexity index is 1050. The number of rotatable bonds is 9. The van der Waals surface area contributed by atoms with Crippen molar-refractivity contribution in [2.75, 3.05) is 6.54 Å². The predicted octanol–water partition coefficient (Wildman–Crippen LogP) is 3.57. The summed E-state index contributed by atoms with van der Waals surface area (Å²) < 4.78 is 11.0. The van der Waals surface area contributed by atoms with Gasteiger partial charge in [-0.1, -0.05) is 23.4 Å². The molecule has 3 aromatic rings. The predicted molar refractivity (Wildman–Crippen MR) is 115 cm³/mol. The first kappa shape index (κ1) is 21.5. The summed E-state index contributed by atoms with van der Waals surface area (Å²) in [6, 6.07) is 14.8. The zero-order chi connectivity index (χ0) is 22.3. The number of aryl methyl sites for hydroxylation is 1. The third-order valence-corrected chi connectivity index (χ3v) is 5.47. The highest BCUT2D eigenvalue weighted by Crippen LogP contribution is 2.32. The number of pyridine rings is 1. The topological polar surface area (TPSA) is 106 Å². The molecule has 1 fully saturated rings. The number of ether oxygens (including phenoxy) is 1. The van der Waals surface area contributed by atoms with Crippen molar-refractivity contribution in [3.05, 3.63) is 77.4 Å². The highest BCUT2D eigenvalue weighted by Gasteiger charge is 2.32. The summed E-state index contributed by atoms with van der Waals surface area (Å²) in [6.07, 6.45) is 4.02. The smallest absolute Gasteiger partial charge is 0.303 e. The van der Waals surface area contributed by atoms with Crippen LogP contribution in [0.5, 0.6) is 5.75 Å². The third-order valence-electron chi connectivity index (χ3n) is 5.47. The van der Waals surface area contributed by atoms with Crippen LogP contribution in [0.1, 0.15) is 48.0 Å². The number of carbonyl (C=O) groups is 2. The van der Waals surface area contributed by atoms with Crippen molar-refractivity contribution in [3.63, 3.8) is 0 Å². The van der Waals surface area contributed by atoms with E-state index in [0.717, 1.165) is 29.8 Å². The van der Waals surface area contributed by atoms with Crippen LogP contribution in [0.15, 0.2) is 59.3 Å². The minimum atomic E-state index is -0.881. The molecule has 1 unspecified atom stereocenters. The molecule has 0 radical (unpaired) electrons. The van der Waals surface area contributed by atoms with E-state index in [4.69, 9.17) is 14.4 Å². The quantitative estimate of drug-likeness (QED) is 0.548. The van der Waals surface area contributed by atoms with Crippen molar-refractivity contribution in [1.82, 2.24) is 15.0 Å². The number of hydrogen-bond acceptors (Lipinski definition) is 6. The summed E-state index contributed by atoms with van der Waals surface area (Å²) in [5.41, 5.74) is 2.45. The molecule has 1 saturated heterocycles. The number of hydrogen-bond donors (Lipinski definition) is 1. The Labute approximate surface area is 185 Å². The van der Waals surface area contributed by atoms with Gasteiger partial charge in [0.2, 0.25) is 5.91 Å². The van der Waals surface area contributed by atoms with Crippen LogP contribution in [0.2, 0.25) is 0 Å². The van der Waals surface area contributed by atoms with Crippen LogP contribution in [-0.4, -0.2) is 38.6 Å². The average molecular weight is 435 g/mol. The summed E-state index contributed by atoms with van der Waals surface area (Å²) in [6.45, 7) is 1.06. The number of amides is 1. The molecule has 1 atom stereocenters. The highest BCUT2D eigenvalue weighted by molar-refractivity contribution is 5.79. The van der Waals surface area contributed by atoms with Crippen molar-refractivity contribution in [3.8, 4) is 5.75 Å². The van der Waals surface area contributed by atoms with E-state index in [2.05, 4.69) is 10.1 Å². The standard InChI is InChI=1S/C24H25N3O5/c28-23(14-17-6-8-19(9-7-17)31-16-18-4-1-2-12-25-18)27-13-3-5-22(27)21-15-20(32-26-21)10-11-24(29)30/h1-2,4,6-9,12,15,22H,3,5,10-11,13-14,16H2,(H,29,30). The number of carboxylic acids is 1. The second-order valence-electron chi connectivity index (χ2n) is 7.79. The van der Waals surface area contributed by atoms with Gasteiger partial charge in [0.25, 0.3) is 0 Å². The lowest BCUT2D eigenvalue weighted by atomic mass is 10.1. The van der Waals surface area contributed by atoms with E-state index in [1.165, 1.54) is 0 Å². The fourth-order valence-electron chi connectivity index (χ4n) is 3.83. The van der Waals surface area contributed by atoms with Gasteiger partial charge in [-0.15, -0.1) is 0 Å². The first-order chi connectivity index (χ1) is 15.6. The largest absolute Gasteiger partial charge is 0.487 e. The number of benzene rings is 1. The Kier molecular flexibility index (Phi) is 6.79. The van der Waals surface area contributed by atoms with E-state index >= 15 is 0 Å². The van der Waals surface area contributed by atoms with E-state index in [-0.39, 0.29) is 24.8 Å². The maximum Gasteiger partial charge on any atom is 0.303 e. The lowest BCUT2D eigenvalue weighted by molar-refractivity contribution is -0.137. The van der Waals surface area contributed by atoms with Crippen LogP contribution in [0.4, 0.5) is 0 Å². The van der Waals surface area contributed by atoms with E-state index in [9.17, 15) is 9.59 Å². The Morgan fingerprint density at radius 2 is 2.03 bits per heavy atom. The molecule has 2 aromatic heterocycles. The zero-order valence-corrected chi connectivity index (χ0v) is 17.6. The molecule has 1 aliphatic rings. The van der Waals surface area contributed by atoms with Crippen molar-refractivity contribution in [1.29, 1.82) is 0 Å². The Morgan fingerprint density at radius 1 is 1.19 bits per heavy atom. The monoisotopic (exact) mass is 435 g/mol. The first-order valence-corrected chi connectivity index (χ1v) is 10.7. The lowest BCUT2D eigenvalue weighted by Gasteiger charge is -2.23. The molecular weight excluding hydrogens is 410 g/mol.